The van der Waals surface area contributed by atoms with Gasteiger partial charge in [-0.05, 0) is 50.6 Å². The van der Waals surface area contributed by atoms with Crippen LogP contribution < -0.4 is 10.2 Å². The van der Waals surface area contributed by atoms with Gasteiger partial charge in [0.1, 0.15) is 0 Å². The molecule has 23 heavy (non-hydrogen) atoms. The Morgan fingerprint density at radius 1 is 1.22 bits per heavy atom. The molecule has 0 radical (unpaired) electrons. The maximum Gasteiger partial charge on any atom is 0.159 e. The van der Waals surface area contributed by atoms with Gasteiger partial charge in [0, 0.05) is 50.5 Å². The number of carbonyl (C=O) groups is 1. The number of piperidine rings is 1. The number of hydrogen-bond acceptors (Lipinski definition) is 5. The van der Waals surface area contributed by atoms with E-state index in [1.165, 1.54) is 5.69 Å². The number of piperazine rings is 1. The molecule has 126 valence electrons. The van der Waals surface area contributed by atoms with Gasteiger partial charge in [-0.2, -0.15) is 0 Å². The van der Waals surface area contributed by atoms with Crippen molar-refractivity contribution < 1.29 is 9.90 Å². The standard InChI is InChI=1S/C18H27N3O2/c1-15(22)16-3-5-17(6-4-16)21-11-9-20(10-12-21)14-18(23)7-2-8-19-13-18/h3-6,19,23H,2,7-14H2,1H3/t18-/m0/s1. The van der Waals surface area contributed by atoms with Gasteiger partial charge in [-0.15, -0.1) is 0 Å². The third kappa shape index (κ3) is 4.10. The van der Waals surface area contributed by atoms with E-state index in [2.05, 4.69) is 15.1 Å². The number of nitrogens with one attached hydrogen (secondary N) is 1. The van der Waals surface area contributed by atoms with E-state index in [-0.39, 0.29) is 5.78 Å². The summed E-state index contributed by atoms with van der Waals surface area (Å²) in [5, 5.41) is 13.9. The highest BCUT2D eigenvalue weighted by Gasteiger charge is 2.32. The number of β-amino-alcohol motifs (C(OH)–C–C–N with tert-alkyl or cyclic N) is 1. The van der Waals surface area contributed by atoms with Gasteiger partial charge in [0.15, 0.2) is 5.78 Å². The van der Waals surface area contributed by atoms with Crippen molar-refractivity contribution in [2.24, 2.45) is 0 Å². The summed E-state index contributed by atoms with van der Waals surface area (Å²) in [5.41, 5.74) is 1.37. The van der Waals surface area contributed by atoms with Crippen molar-refractivity contribution in [3.8, 4) is 0 Å². The Kier molecular flexibility index (Phi) is 4.99. The molecule has 1 aromatic rings. The van der Waals surface area contributed by atoms with Crippen LogP contribution in [0.2, 0.25) is 0 Å². The fourth-order valence-electron chi connectivity index (χ4n) is 3.57. The maximum atomic E-state index is 11.3. The Labute approximate surface area is 138 Å². The van der Waals surface area contributed by atoms with Gasteiger partial charge in [-0.25, -0.2) is 0 Å². The van der Waals surface area contributed by atoms with E-state index in [1.54, 1.807) is 6.92 Å². The predicted octanol–water partition coefficient (Wildman–Crippen LogP) is 1.13. The summed E-state index contributed by atoms with van der Waals surface area (Å²) in [6.45, 7) is 7.95. The van der Waals surface area contributed by atoms with Gasteiger partial charge < -0.3 is 15.3 Å². The summed E-state index contributed by atoms with van der Waals surface area (Å²) in [4.78, 5) is 16.1. The van der Waals surface area contributed by atoms with E-state index in [1.807, 2.05) is 24.3 Å². The van der Waals surface area contributed by atoms with Crippen molar-refractivity contribution in [2.75, 3.05) is 50.7 Å². The third-order valence-corrected chi connectivity index (χ3v) is 4.98. The first-order valence-electron chi connectivity index (χ1n) is 8.57. The highest BCUT2D eigenvalue weighted by atomic mass is 16.3. The fraction of sp³-hybridized carbons (Fsp3) is 0.611. The van der Waals surface area contributed by atoms with Crippen LogP contribution in [0.15, 0.2) is 24.3 Å². The van der Waals surface area contributed by atoms with Crippen LogP contribution in [0.1, 0.15) is 30.1 Å². The van der Waals surface area contributed by atoms with E-state index in [4.69, 9.17) is 0 Å². The number of ketones is 1. The number of rotatable bonds is 4. The largest absolute Gasteiger partial charge is 0.387 e. The molecule has 0 aromatic heterocycles. The van der Waals surface area contributed by atoms with E-state index in [0.717, 1.165) is 57.7 Å². The number of benzene rings is 1. The summed E-state index contributed by atoms with van der Waals surface area (Å²) in [6, 6.07) is 7.87. The minimum Gasteiger partial charge on any atom is -0.387 e. The Balaban J connectivity index is 1.52. The quantitative estimate of drug-likeness (QED) is 0.815. The molecule has 0 amide bonds. The highest BCUT2D eigenvalue weighted by Crippen LogP contribution is 2.21. The van der Waals surface area contributed by atoms with Crippen molar-refractivity contribution in [3.05, 3.63) is 29.8 Å². The smallest absolute Gasteiger partial charge is 0.159 e. The number of anilines is 1. The lowest BCUT2D eigenvalue weighted by molar-refractivity contribution is -0.0164. The van der Waals surface area contributed by atoms with E-state index in [0.29, 0.717) is 6.54 Å². The zero-order chi connectivity index (χ0) is 16.3. The number of aliphatic hydroxyl groups is 1. The number of hydrogen-bond donors (Lipinski definition) is 2. The second-order valence-electron chi connectivity index (χ2n) is 6.87. The van der Waals surface area contributed by atoms with Crippen LogP contribution >= 0.6 is 0 Å². The van der Waals surface area contributed by atoms with Gasteiger partial charge >= 0.3 is 0 Å². The molecule has 2 N–H and O–H groups in total. The lowest BCUT2D eigenvalue weighted by atomic mass is 9.93. The number of Topliss-reactive ketones (excluding diaryl/α,β-unsaturated/α-hetero) is 1. The number of nitrogens with zero attached hydrogens (tertiary/aromatic N) is 2. The van der Waals surface area contributed by atoms with Crippen LogP contribution in [-0.2, 0) is 0 Å². The Morgan fingerprint density at radius 2 is 1.91 bits per heavy atom. The molecule has 0 bridgehead atoms. The molecule has 5 heteroatoms. The van der Waals surface area contributed by atoms with Crippen molar-refractivity contribution >= 4 is 11.5 Å². The minimum absolute atomic E-state index is 0.107. The van der Waals surface area contributed by atoms with Gasteiger partial charge in [-0.3, -0.25) is 9.69 Å². The minimum atomic E-state index is -0.566. The average Bonchev–Trinajstić information content (AvgIpc) is 2.56. The van der Waals surface area contributed by atoms with E-state index < -0.39 is 5.60 Å². The molecular weight excluding hydrogens is 290 g/mol. The predicted molar refractivity (Wildman–Crippen MR) is 92.2 cm³/mol. The fourth-order valence-corrected chi connectivity index (χ4v) is 3.57. The highest BCUT2D eigenvalue weighted by molar-refractivity contribution is 5.94. The summed E-state index contributed by atoms with van der Waals surface area (Å²) < 4.78 is 0. The van der Waals surface area contributed by atoms with E-state index >= 15 is 0 Å². The normalized spacial score (nSPS) is 26.3. The van der Waals surface area contributed by atoms with Gasteiger partial charge in [0.05, 0.1) is 5.60 Å². The van der Waals surface area contributed by atoms with Gasteiger partial charge in [0.25, 0.3) is 0 Å². The van der Waals surface area contributed by atoms with Crippen LogP contribution in [0, 0.1) is 0 Å². The van der Waals surface area contributed by atoms with Crippen LogP contribution in [0.3, 0.4) is 0 Å². The summed E-state index contributed by atoms with van der Waals surface area (Å²) >= 11 is 0. The SMILES string of the molecule is CC(=O)c1ccc(N2CCN(C[C@]3(O)CCCNC3)CC2)cc1. The molecule has 2 aliphatic heterocycles. The molecule has 3 rings (SSSR count). The lowest BCUT2D eigenvalue weighted by Gasteiger charge is -2.41. The topological polar surface area (TPSA) is 55.8 Å². The molecule has 2 heterocycles. The monoisotopic (exact) mass is 317 g/mol. The summed E-state index contributed by atoms with van der Waals surface area (Å²) in [6.07, 6.45) is 1.95. The third-order valence-electron chi connectivity index (χ3n) is 4.98. The first-order valence-corrected chi connectivity index (χ1v) is 8.57. The molecule has 5 nitrogen and oxygen atoms in total. The molecule has 2 saturated heterocycles. The van der Waals surface area contributed by atoms with Crippen molar-refractivity contribution in [2.45, 2.75) is 25.4 Å². The van der Waals surface area contributed by atoms with Crippen LogP contribution in [0.5, 0.6) is 0 Å². The maximum absolute atomic E-state index is 11.3. The van der Waals surface area contributed by atoms with Crippen molar-refractivity contribution in [1.29, 1.82) is 0 Å². The molecule has 1 atom stereocenters. The molecule has 0 unspecified atom stereocenters. The van der Waals surface area contributed by atoms with Crippen molar-refractivity contribution in [1.82, 2.24) is 10.2 Å². The number of carbonyl (C=O) groups excluding carboxylic acids is 1. The average molecular weight is 317 g/mol. The van der Waals surface area contributed by atoms with Crippen LogP contribution in [-0.4, -0.2) is 67.2 Å². The summed E-state index contributed by atoms with van der Waals surface area (Å²) in [7, 11) is 0. The van der Waals surface area contributed by atoms with Gasteiger partial charge in [-0.1, -0.05) is 0 Å². The molecule has 0 saturated carbocycles. The van der Waals surface area contributed by atoms with Crippen LogP contribution in [0.4, 0.5) is 5.69 Å². The molecule has 0 spiro atoms. The second-order valence-corrected chi connectivity index (χ2v) is 6.87. The Morgan fingerprint density at radius 3 is 2.48 bits per heavy atom. The van der Waals surface area contributed by atoms with E-state index in [9.17, 15) is 9.90 Å². The molecule has 2 fully saturated rings. The zero-order valence-corrected chi connectivity index (χ0v) is 13.9. The molecule has 0 aliphatic carbocycles. The Hall–Kier alpha value is -1.43. The lowest BCUT2D eigenvalue weighted by Crippen LogP contribution is -2.56. The molecule has 2 aliphatic rings. The molecule has 1 aromatic carbocycles. The first-order chi connectivity index (χ1) is 11.1. The molecular formula is C18H27N3O2. The Bertz CT molecular complexity index is 530. The van der Waals surface area contributed by atoms with Crippen molar-refractivity contribution in [3.63, 3.8) is 0 Å². The van der Waals surface area contributed by atoms with Gasteiger partial charge in [0.2, 0.25) is 0 Å². The first kappa shape index (κ1) is 16.4. The summed E-state index contributed by atoms with van der Waals surface area (Å²) in [5.74, 6) is 0.107. The van der Waals surface area contributed by atoms with Crippen LogP contribution in [0.25, 0.3) is 0 Å². The second kappa shape index (κ2) is 6.99. The zero-order valence-electron chi connectivity index (χ0n) is 13.9.